The van der Waals surface area contributed by atoms with Gasteiger partial charge in [0.2, 0.25) is 0 Å². The zero-order valence-electron chi connectivity index (χ0n) is 11.5. The number of ether oxygens (including phenoxy) is 1. The minimum absolute atomic E-state index is 0.00636. The van der Waals surface area contributed by atoms with Gasteiger partial charge in [0, 0.05) is 42.9 Å². The maximum Gasteiger partial charge on any atom is 0.270 e. The van der Waals surface area contributed by atoms with Crippen LogP contribution in [0.25, 0.3) is 10.9 Å². The molecule has 21 heavy (non-hydrogen) atoms. The Hall–Kier alpha value is -2.41. The van der Waals surface area contributed by atoms with Crippen LogP contribution in [0.4, 0.5) is 11.4 Å². The molecule has 110 valence electrons. The standard InChI is InChI=1S/C14H15N3O4/c1-16-13-3-2-10(17(19)20)6-11(13)12(7-14(16)18)15-9-4-5-21-8-9/h2-3,6-7,9,15H,4-5,8H2,1H3. The fourth-order valence-electron chi connectivity index (χ4n) is 2.55. The summed E-state index contributed by atoms with van der Waals surface area (Å²) in [6, 6.07) is 6.10. The molecule has 0 radical (unpaired) electrons. The minimum Gasteiger partial charge on any atom is -0.379 e. The molecule has 7 nitrogen and oxygen atoms in total. The Balaban J connectivity index is 2.16. The Bertz CT molecular complexity index is 763. The Morgan fingerprint density at radius 2 is 2.24 bits per heavy atom. The molecule has 1 aliphatic heterocycles. The summed E-state index contributed by atoms with van der Waals surface area (Å²) in [5.41, 5.74) is 1.13. The fraction of sp³-hybridized carbons (Fsp3) is 0.357. The quantitative estimate of drug-likeness (QED) is 0.685. The molecule has 2 aromatic rings. The van der Waals surface area contributed by atoms with E-state index in [2.05, 4.69) is 5.32 Å². The molecule has 0 spiro atoms. The number of benzene rings is 1. The lowest BCUT2D eigenvalue weighted by molar-refractivity contribution is -0.384. The molecule has 1 fully saturated rings. The Kier molecular flexibility index (Phi) is 3.34. The topological polar surface area (TPSA) is 86.4 Å². The van der Waals surface area contributed by atoms with Crippen LogP contribution in [-0.2, 0) is 11.8 Å². The number of anilines is 1. The smallest absolute Gasteiger partial charge is 0.270 e. The van der Waals surface area contributed by atoms with Crippen LogP contribution in [-0.4, -0.2) is 28.7 Å². The number of non-ortho nitro benzene ring substituents is 1. The van der Waals surface area contributed by atoms with Gasteiger partial charge >= 0.3 is 0 Å². The van der Waals surface area contributed by atoms with Crippen molar-refractivity contribution < 1.29 is 9.66 Å². The molecule has 0 aliphatic carbocycles. The van der Waals surface area contributed by atoms with Crippen LogP contribution in [0.3, 0.4) is 0 Å². The summed E-state index contributed by atoms with van der Waals surface area (Å²) in [6.45, 7) is 1.26. The van der Waals surface area contributed by atoms with Gasteiger partial charge < -0.3 is 14.6 Å². The molecule has 1 aliphatic rings. The summed E-state index contributed by atoms with van der Waals surface area (Å²) in [5.74, 6) is 0. The van der Waals surface area contributed by atoms with E-state index in [0.29, 0.717) is 29.8 Å². The zero-order valence-corrected chi connectivity index (χ0v) is 11.5. The van der Waals surface area contributed by atoms with Crippen molar-refractivity contribution >= 4 is 22.3 Å². The SMILES string of the molecule is Cn1c(=O)cc(NC2CCOC2)c2cc([N+](=O)[O-])ccc21. The van der Waals surface area contributed by atoms with Gasteiger partial charge in [0.1, 0.15) is 0 Å². The first-order chi connectivity index (χ1) is 10.1. The Morgan fingerprint density at radius 3 is 2.90 bits per heavy atom. The van der Waals surface area contributed by atoms with Gasteiger partial charge in [-0.2, -0.15) is 0 Å². The van der Waals surface area contributed by atoms with Crippen molar-refractivity contribution in [2.24, 2.45) is 7.05 Å². The van der Waals surface area contributed by atoms with Crippen LogP contribution in [0.2, 0.25) is 0 Å². The summed E-state index contributed by atoms with van der Waals surface area (Å²) in [5, 5.41) is 14.9. The second-order valence-corrected chi connectivity index (χ2v) is 5.12. The first-order valence-electron chi connectivity index (χ1n) is 6.69. The largest absolute Gasteiger partial charge is 0.379 e. The third-order valence-electron chi connectivity index (χ3n) is 3.73. The van der Waals surface area contributed by atoms with Crippen LogP contribution >= 0.6 is 0 Å². The van der Waals surface area contributed by atoms with Crippen molar-refractivity contribution in [1.29, 1.82) is 0 Å². The Labute approximate surface area is 120 Å². The van der Waals surface area contributed by atoms with Gasteiger partial charge in [0.05, 0.1) is 23.1 Å². The van der Waals surface area contributed by atoms with Crippen molar-refractivity contribution in [2.75, 3.05) is 18.5 Å². The van der Waals surface area contributed by atoms with Gasteiger partial charge in [-0.05, 0) is 12.5 Å². The average Bonchev–Trinajstić information content (AvgIpc) is 2.97. The minimum atomic E-state index is -0.437. The van der Waals surface area contributed by atoms with Gasteiger partial charge in [-0.15, -0.1) is 0 Å². The molecular formula is C14H15N3O4. The lowest BCUT2D eigenvalue weighted by Crippen LogP contribution is -2.23. The number of rotatable bonds is 3. The van der Waals surface area contributed by atoms with Crippen LogP contribution in [0.1, 0.15) is 6.42 Å². The number of nitro groups is 1. The second-order valence-electron chi connectivity index (χ2n) is 5.12. The van der Waals surface area contributed by atoms with E-state index in [9.17, 15) is 14.9 Å². The maximum atomic E-state index is 12.0. The third kappa shape index (κ3) is 2.47. The van der Waals surface area contributed by atoms with E-state index < -0.39 is 4.92 Å². The van der Waals surface area contributed by atoms with E-state index in [4.69, 9.17) is 4.74 Å². The predicted octanol–water partition coefficient (Wildman–Crippen LogP) is 1.65. The lowest BCUT2D eigenvalue weighted by Gasteiger charge is -2.15. The van der Waals surface area contributed by atoms with Gasteiger partial charge in [-0.3, -0.25) is 14.9 Å². The van der Waals surface area contributed by atoms with Crippen molar-refractivity contribution in [3.63, 3.8) is 0 Å². The molecule has 0 amide bonds. The number of nitrogens with one attached hydrogen (secondary N) is 1. The number of pyridine rings is 1. The highest BCUT2D eigenvalue weighted by molar-refractivity contribution is 5.93. The molecule has 2 heterocycles. The molecule has 1 saturated heterocycles. The number of aryl methyl sites for hydroxylation is 1. The van der Waals surface area contributed by atoms with Gasteiger partial charge in [-0.1, -0.05) is 0 Å². The number of fused-ring (bicyclic) bond motifs is 1. The summed E-state index contributed by atoms with van der Waals surface area (Å²) < 4.78 is 6.78. The van der Waals surface area contributed by atoms with Crippen LogP contribution in [0.5, 0.6) is 0 Å². The van der Waals surface area contributed by atoms with E-state index in [-0.39, 0.29) is 17.3 Å². The van der Waals surface area contributed by atoms with Crippen molar-refractivity contribution in [2.45, 2.75) is 12.5 Å². The van der Waals surface area contributed by atoms with Gasteiger partial charge in [0.15, 0.2) is 0 Å². The number of nitrogens with zero attached hydrogens (tertiary/aromatic N) is 2. The molecule has 1 N–H and O–H groups in total. The average molecular weight is 289 g/mol. The Morgan fingerprint density at radius 1 is 1.43 bits per heavy atom. The van der Waals surface area contributed by atoms with E-state index in [1.807, 2.05) is 0 Å². The normalized spacial score (nSPS) is 18.0. The van der Waals surface area contributed by atoms with E-state index in [0.717, 1.165) is 6.42 Å². The van der Waals surface area contributed by atoms with Gasteiger partial charge in [0.25, 0.3) is 11.2 Å². The summed E-state index contributed by atoms with van der Waals surface area (Å²) in [7, 11) is 1.65. The molecule has 7 heteroatoms. The first-order valence-corrected chi connectivity index (χ1v) is 6.69. The molecule has 1 aromatic carbocycles. The fourth-order valence-corrected chi connectivity index (χ4v) is 2.55. The summed E-state index contributed by atoms with van der Waals surface area (Å²) >= 11 is 0. The van der Waals surface area contributed by atoms with Crippen molar-refractivity contribution in [3.8, 4) is 0 Å². The molecule has 3 rings (SSSR count). The highest BCUT2D eigenvalue weighted by atomic mass is 16.6. The molecule has 1 aromatic heterocycles. The van der Waals surface area contributed by atoms with Crippen LogP contribution in [0, 0.1) is 10.1 Å². The van der Waals surface area contributed by atoms with Crippen LogP contribution in [0.15, 0.2) is 29.1 Å². The molecule has 0 bridgehead atoms. The van der Waals surface area contributed by atoms with E-state index in [1.165, 1.54) is 22.8 Å². The monoisotopic (exact) mass is 289 g/mol. The van der Waals surface area contributed by atoms with Gasteiger partial charge in [-0.25, -0.2) is 0 Å². The molecule has 1 atom stereocenters. The number of hydrogen-bond acceptors (Lipinski definition) is 5. The highest BCUT2D eigenvalue weighted by Gasteiger charge is 2.18. The molecule has 0 saturated carbocycles. The molecular weight excluding hydrogens is 274 g/mol. The van der Waals surface area contributed by atoms with Crippen LogP contribution < -0.4 is 10.9 Å². The summed E-state index contributed by atoms with van der Waals surface area (Å²) in [4.78, 5) is 22.5. The van der Waals surface area contributed by atoms with Crippen molar-refractivity contribution in [3.05, 3.63) is 44.7 Å². The molecule has 1 unspecified atom stereocenters. The lowest BCUT2D eigenvalue weighted by atomic mass is 10.1. The third-order valence-corrected chi connectivity index (χ3v) is 3.73. The maximum absolute atomic E-state index is 12.0. The summed E-state index contributed by atoms with van der Waals surface area (Å²) in [6.07, 6.45) is 0.853. The highest BCUT2D eigenvalue weighted by Crippen LogP contribution is 2.27. The number of aromatic nitrogens is 1. The van der Waals surface area contributed by atoms with E-state index in [1.54, 1.807) is 13.1 Å². The second kappa shape index (κ2) is 5.17. The van der Waals surface area contributed by atoms with Crippen molar-refractivity contribution in [1.82, 2.24) is 4.57 Å². The predicted molar refractivity (Wildman–Crippen MR) is 78.7 cm³/mol. The zero-order chi connectivity index (χ0) is 15.0. The van der Waals surface area contributed by atoms with E-state index >= 15 is 0 Å². The number of nitro benzene ring substituents is 1. The number of hydrogen-bond donors (Lipinski definition) is 1. The first kappa shape index (κ1) is 13.6.